The molecule has 2 rings (SSSR count). The number of pyridine rings is 1. The Labute approximate surface area is 158 Å². The van der Waals surface area contributed by atoms with Crippen molar-refractivity contribution in [3.63, 3.8) is 0 Å². The van der Waals surface area contributed by atoms with Gasteiger partial charge in [-0.3, -0.25) is 9.78 Å². The Morgan fingerprint density at radius 1 is 1.40 bits per heavy atom. The van der Waals surface area contributed by atoms with E-state index < -0.39 is 5.91 Å². The van der Waals surface area contributed by atoms with Gasteiger partial charge in [-0.25, -0.2) is 9.97 Å². The number of nitrogens with zero attached hydrogens (tertiary/aromatic N) is 4. The summed E-state index contributed by atoms with van der Waals surface area (Å²) in [5.74, 6) is 0.433. The lowest BCUT2D eigenvalue weighted by atomic mass is 10.2. The Kier molecular flexibility index (Phi) is 7.38. The van der Waals surface area contributed by atoms with Crippen LogP contribution in [0.4, 0.5) is 17.3 Å². The lowest BCUT2D eigenvalue weighted by molar-refractivity contribution is 0.102. The first-order valence-electron chi connectivity index (χ1n) is 7.55. The number of carbonyl (C=O) groups is 1. The number of carbonyl (C=O) groups excluding carboxylic acids is 1. The van der Waals surface area contributed by atoms with Crippen LogP contribution >= 0.6 is 24.0 Å². The number of hydrogen-bond donors (Lipinski definition) is 2. The molecule has 0 aliphatic heterocycles. The van der Waals surface area contributed by atoms with Crippen molar-refractivity contribution in [2.75, 3.05) is 29.5 Å². The average Bonchev–Trinajstić information content (AvgIpc) is 2.50. The molecule has 9 heteroatoms. The van der Waals surface area contributed by atoms with E-state index in [1.54, 1.807) is 18.5 Å². The minimum atomic E-state index is -0.476. The first-order valence-corrected chi connectivity index (χ1v) is 7.93. The monoisotopic (exact) mass is 384 g/mol. The average molecular weight is 385 g/mol. The van der Waals surface area contributed by atoms with Crippen molar-refractivity contribution in [1.82, 2.24) is 15.0 Å². The second-order valence-electron chi connectivity index (χ2n) is 5.99. The van der Waals surface area contributed by atoms with Crippen molar-refractivity contribution in [3.8, 4) is 0 Å². The minimum Gasteiger partial charge on any atom is -0.382 e. The molecule has 0 saturated carbocycles. The molecule has 0 aromatic carbocycles. The van der Waals surface area contributed by atoms with E-state index in [2.05, 4.69) is 34.1 Å². The number of anilines is 3. The zero-order valence-electron chi connectivity index (χ0n) is 14.6. The highest BCUT2D eigenvalue weighted by Gasteiger charge is 2.19. The molecule has 7 nitrogen and oxygen atoms in total. The lowest BCUT2D eigenvalue weighted by Gasteiger charge is -2.21. The van der Waals surface area contributed by atoms with Gasteiger partial charge in [-0.15, -0.1) is 12.4 Å². The van der Waals surface area contributed by atoms with Crippen LogP contribution < -0.4 is 16.0 Å². The number of nitrogens with two attached hydrogens (primary N) is 1. The van der Waals surface area contributed by atoms with Crippen LogP contribution in [0.15, 0.2) is 18.5 Å². The lowest BCUT2D eigenvalue weighted by Crippen LogP contribution is -2.26. The van der Waals surface area contributed by atoms with E-state index in [1.165, 1.54) is 0 Å². The fraction of sp³-hybridized carbons (Fsp3) is 0.375. The van der Waals surface area contributed by atoms with E-state index in [0.717, 1.165) is 12.1 Å². The van der Waals surface area contributed by atoms with Crippen LogP contribution in [0.25, 0.3) is 0 Å². The fourth-order valence-electron chi connectivity index (χ4n) is 2.24. The molecule has 0 aliphatic rings. The molecule has 0 unspecified atom stereocenters. The molecular formula is C16H22Cl2N6O. The molecule has 1 amide bonds. The molecule has 2 aromatic heterocycles. The zero-order valence-corrected chi connectivity index (χ0v) is 16.1. The topological polar surface area (TPSA) is 97.0 Å². The van der Waals surface area contributed by atoms with Crippen molar-refractivity contribution in [3.05, 3.63) is 34.9 Å². The smallest absolute Gasteiger partial charge is 0.278 e. The van der Waals surface area contributed by atoms with Gasteiger partial charge in [0, 0.05) is 19.8 Å². The molecule has 0 radical (unpaired) electrons. The fourth-order valence-corrected chi connectivity index (χ4v) is 2.51. The molecular weight excluding hydrogens is 363 g/mol. The van der Waals surface area contributed by atoms with Crippen LogP contribution in [0.3, 0.4) is 0 Å². The van der Waals surface area contributed by atoms with Gasteiger partial charge in [-0.05, 0) is 24.5 Å². The molecule has 0 bridgehead atoms. The Hall–Kier alpha value is -2.12. The van der Waals surface area contributed by atoms with E-state index in [0.29, 0.717) is 17.4 Å². The van der Waals surface area contributed by atoms with Crippen LogP contribution in [0.2, 0.25) is 5.15 Å². The molecule has 2 heterocycles. The normalized spacial score (nSPS) is 10.3. The standard InChI is InChI=1S/C16H21ClN6O.ClH/c1-9(2)8-23(4)15-13(17)21-12(14(18)22-15)16(24)20-11-7-19-6-5-10(11)3;/h5-7,9H,8H2,1-4H3,(H2,18,22)(H,20,24);1H. The van der Waals surface area contributed by atoms with Gasteiger partial charge in [0.1, 0.15) is 0 Å². The zero-order chi connectivity index (χ0) is 17.9. The van der Waals surface area contributed by atoms with Crippen LogP contribution in [-0.4, -0.2) is 34.5 Å². The van der Waals surface area contributed by atoms with Gasteiger partial charge in [0.2, 0.25) is 0 Å². The van der Waals surface area contributed by atoms with E-state index in [9.17, 15) is 4.79 Å². The van der Waals surface area contributed by atoms with Crippen molar-refractivity contribution < 1.29 is 4.79 Å². The van der Waals surface area contributed by atoms with Gasteiger partial charge in [0.15, 0.2) is 22.5 Å². The molecule has 0 spiro atoms. The summed E-state index contributed by atoms with van der Waals surface area (Å²) in [6.07, 6.45) is 3.21. The van der Waals surface area contributed by atoms with E-state index in [4.69, 9.17) is 17.3 Å². The third kappa shape index (κ3) is 5.17. The Morgan fingerprint density at radius 3 is 2.68 bits per heavy atom. The quantitative estimate of drug-likeness (QED) is 0.821. The van der Waals surface area contributed by atoms with Gasteiger partial charge < -0.3 is 16.0 Å². The Morgan fingerprint density at radius 2 is 2.08 bits per heavy atom. The highest BCUT2D eigenvalue weighted by Crippen LogP contribution is 2.25. The maximum Gasteiger partial charge on any atom is 0.278 e. The maximum atomic E-state index is 12.4. The van der Waals surface area contributed by atoms with Gasteiger partial charge in [-0.2, -0.15) is 0 Å². The summed E-state index contributed by atoms with van der Waals surface area (Å²) in [5.41, 5.74) is 7.37. The van der Waals surface area contributed by atoms with Crippen LogP contribution in [0, 0.1) is 12.8 Å². The Bertz CT molecular complexity index is 753. The third-order valence-corrected chi connectivity index (χ3v) is 3.62. The summed E-state index contributed by atoms with van der Waals surface area (Å²) < 4.78 is 0. The van der Waals surface area contributed by atoms with Crippen LogP contribution in [-0.2, 0) is 0 Å². The predicted molar refractivity (Wildman–Crippen MR) is 104 cm³/mol. The summed E-state index contributed by atoms with van der Waals surface area (Å²) in [4.78, 5) is 26.6. The van der Waals surface area contributed by atoms with Gasteiger partial charge in [-0.1, -0.05) is 25.4 Å². The minimum absolute atomic E-state index is 0. The summed E-state index contributed by atoms with van der Waals surface area (Å²) in [6.45, 7) is 6.77. The van der Waals surface area contributed by atoms with E-state index in [1.807, 2.05) is 18.9 Å². The predicted octanol–water partition coefficient (Wildman–Crippen LogP) is 3.18. The number of rotatable bonds is 5. The molecule has 136 valence electrons. The summed E-state index contributed by atoms with van der Waals surface area (Å²) in [7, 11) is 1.86. The first kappa shape index (κ1) is 20.9. The highest BCUT2D eigenvalue weighted by atomic mass is 35.5. The number of halogens is 2. The van der Waals surface area contributed by atoms with Crippen molar-refractivity contribution in [2.45, 2.75) is 20.8 Å². The van der Waals surface area contributed by atoms with Crippen molar-refractivity contribution in [2.24, 2.45) is 5.92 Å². The molecule has 2 aromatic rings. The van der Waals surface area contributed by atoms with Gasteiger partial charge in [0.05, 0.1) is 11.9 Å². The molecule has 3 N–H and O–H groups in total. The molecule has 0 saturated heterocycles. The van der Waals surface area contributed by atoms with Gasteiger partial charge >= 0.3 is 0 Å². The van der Waals surface area contributed by atoms with Crippen molar-refractivity contribution >= 4 is 47.2 Å². The number of aromatic nitrogens is 3. The molecule has 0 aliphatic carbocycles. The molecule has 0 fully saturated rings. The summed E-state index contributed by atoms with van der Waals surface area (Å²) >= 11 is 6.19. The second-order valence-corrected chi connectivity index (χ2v) is 6.35. The SMILES string of the molecule is Cc1ccncc1NC(=O)c1nc(Cl)c(N(C)CC(C)C)nc1N.Cl. The van der Waals surface area contributed by atoms with Crippen molar-refractivity contribution in [1.29, 1.82) is 0 Å². The third-order valence-electron chi connectivity index (χ3n) is 3.37. The number of aryl methyl sites for hydroxylation is 1. The number of hydrogen-bond acceptors (Lipinski definition) is 6. The van der Waals surface area contributed by atoms with Crippen LogP contribution in [0.1, 0.15) is 29.9 Å². The van der Waals surface area contributed by atoms with E-state index in [-0.39, 0.29) is 29.1 Å². The molecule has 0 atom stereocenters. The number of nitrogens with one attached hydrogen (secondary N) is 1. The largest absolute Gasteiger partial charge is 0.382 e. The van der Waals surface area contributed by atoms with Crippen LogP contribution in [0.5, 0.6) is 0 Å². The Balaban J connectivity index is 0.00000312. The van der Waals surface area contributed by atoms with Gasteiger partial charge in [0.25, 0.3) is 5.91 Å². The molecule has 25 heavy (non-hydrogen) atoms. The van der Waals surface area contributed by atoms with E-state index >= 15 is 0 Å². The summed E-state index contributed by atoms with van der Waals surface area (Å²) in [5, 5.41) is 2.86. The summed E-state index contributed by atoms with van der Waals surface area (Å²) in [6, 6.07) is 1.79. The second kappa shape index (κ2) is 8.82. The maximum absolute atomic E-state index is 12.4. The highest BCUT2D eigenvalue weighted by molar-refractivity contribution is 6.32. The first-order chi connectivity index (χ1) is 11.3. The number of nitrogen functional groups attached to an aromatic ring is 1. The number of amides is 1.